The van der Waals surface area contributed by atoms with Gasteiger partial charge in [0.2, 0.25) is 6.79 Å². The third-order valence-electron chi connectivity index (χ3n) is 4.05. The van der Waals surface area contributed by atoms with Crippen molar-refractivity contribution in [3.8, 4) is 11.5 Å². The molecule has 3 rings (SSSR count). The molecule has 22 heavy (non-hydrogen) atoms. The Hall–Kier alpha value is -2.24. The lowest BCUT2D eigenvalue weighted by Gasteiger charge is -2.24. The first-order chi connectivity index (χ1) is 10.4. The van der Waals surface area contributed by atoms with Gasteiger partial charge < -0.3 is 19.1 Å². The summed E-state index contributed by atoms with van der Waals surface area (Å²) in [7, 11) is 0. The van der Waals surface area contributed by atoms with E-state index in [1.807, 2.05) is 16.7 Å². The molecule has 0 saturated heterocycles. The largest absolute Gasteiger partial charge is 0.480 e. The zero-order chi connectivity index (χ0) is 15.9. The van der Waals surface area contributed by atoms with Crippen LogP contribution < -0.4 is 9.47 Å². The number of benzene rings is 1. The number of unbranched alkanes of at least 4 members (excludes halogenated alkanes) is 1. The minimum Gasteiger partial charge on any atom is -0.480 e. The SMILES string of the molecule is CCCCc1nc2cc3c(cc2n1C(C)(C)C(=O)O)OCO3. The molecule has 1 aromatic heterocycles. The van der Waals surface area contributed by atoms with Gasteiger partial charge in [0.1, 0.15) is 11.4 Å². The molecule has 0 atom stereocenters. The topological polar surface area (TPSA) is 73.6 Å². The van der Waals surface area contributed by atoms with Crippen LogP contribution >= 0.6 is 0 Å². The Morgan fingerprint density at radius 1 is 1.36 bits per heavy atom. The molecule has 0 spiro atoms. The van der Waals surface area contributed by atoms with Crippen molar-refractivity contribution in [1.29, 1.82) is 0 Å². The Balaban J connectivity index is 2.22. The van der Waals surface area contributed by atoms with Crippen molar-refractivity contribution in [3.63, 3.8) is 0 Å². The fraction of sp³-hybridized carbons (Fsp3) is 0.500. The van der Waals surface area contributed by atoms with E-state index in [0.717, 1.165) is 36.1 Å². The van der Waals surface area contributed by atoms with Crippen LogP contribution in [0.25, 0.3) is 11.0 Å². The number of ether oxygens (including phenoxy) is 2. The van der Waals surface area contributed by atoms with Crippen molar-refractivity contribution in [2.24, 2.45) is 0 Å². The summed E-state index contributed by atoms with van der Waals surface area (Å²) in [6.45, 7) is 5.67. The molecule has 0 unspecified atom stereocenters. The molecule has 0 amide bonds. The molecule has 0 bridgehead atoms. The van der Waals surface area contributed by atoms with E-state index in [2.05, 4.69) is 11.9 Å². The number of imidazole rings is 1. The molecule has 118 valence electrons. The van der Waals surface area contributed by atoms with Gasteiger partial charge in [0.15, 0.2) is 11.5 Å². The van der Waals surface area contributed by atoms with E-state index in [4.69, 9.17) is 9.47 Å². The van der Waals surface area contributed by atoms with Crippen LogP contribution in [0.3, 0.4) is 0 Å². The summed E-state index contributed by atoms with van der Waals surface area (Å²) in [6.07, 6.45) is 2.74. The molecular weight excluding hydrogens is 284 g/mol. The van der Waals surface area contributed by atoms with Crippen LogP contribution in [0.5, 0.6) is 11.5 Å². The van der Waals surface area contributed by atoms with E-state index in [0.29, 0.717) is 11.5 Å². The Kier molecular flexibility index (Phi) is 3.47. The normalized spacial score (nSPS) is 13.8. The first kappa shape index (κ1) is 14.7. The number of aryl methyl sites for hydroxylation is 1. The summed E-state index contributed by atoms with van der Waals surface area (Å²) in [5.74, 6) is 1.19. The number of aliphatic carboxylic acids is 1. The molecule has 0 fully saturated rings. The molecule has 2 heterocycles. The fourth-order valence-electron chi connectivity index (χ4n) is 2.74. The number of hydrogen-bond acceptors (Lipinski definition) is 4. The highest BCUT2D eigenvalue weighted by Crippen LogP contribution is 2.38. The van der Waals surface area contributed by atoms with Gasteiger partial charge in [-0.3, -0.25) is 0 Å². The van der Waals surface area contributed by atoms with Gasteiger partial charge >= 0.3 is 5.97 Å². The number of carboxylic acids is 1. The first-order valence-corrected chi connectivity index (χ1v) is 7.50. The van der Waals surface area contributed by atoms with Crippen molar-refractivity contribution < 1.29 is 19.4 Å². The van der Waals surface area contributed by atoms with Crippen LogP contribution in [0, 0.1) is 0 Å². The van der Waals surface area contributed by atoms with E-state index in [9.17, 15) is 9.90 Å². The smallest absolute Gasteiger partial charge is 0.329 e. The molecule has 6 nitrogen and oxygen atoms in total. The Morgan fingerprint density at radius 3 is 2.68 bits per heavy atom. The van der Waals surface area contributed by atoms with E-state index >= 15 is 0 Å². The molecule has 6 heteroatoms. The van der Waals surface area contributed by atoms with Crippen molar-refractivity contribution in [1.82, 2.24) is 9.55 Å². The van der Waals surface area contributed by atoms with Crippen LogP contribution in [-0.2, 0) is 16.8 Å². The van der Waals surface area contributed by atoms with Crippen LogP contribution in [0.1, 0.15) is 39.4 Å². The highest BCUT2D eigenvalue weighted by atomic mass is 16.7. The van der Waals surface area contributed by atoms with Crippen LogP contribution in [0.2, 0.25) is 0 Å². The van der Waals surface area contributed by atoms with Gasteiger partial charge in [-0.15, -0.1) is 0 Å². The summed E-state index contributed by atoms with van der Waals surface area (Å²) >= 11 is 0. The zero-order valence-corrected chi connectivity index (χ0v) is 13.0. The van der Waals surface area contributed by atoms with Gasteiger partial charge in [-0.25, -0.2) is 9.78 Å². The van der Waals surface area contributed by atoms with Gasteiger partial charge in [0.25, 0.3) is 0 Å². The van der Waals surface area contributed by atoms with Crippen molar-refractivity contribution in [2.75, 3.05) is 6.79 Å². The number of carboxylic acid groups (broad SMARTS) is 1. The number of hydrogen-bond donors (Lipinski definition) is 1. The fourth-order valence-corrected chi connectivity index (χ4v) is 2.74. The Bertz CT molecular complexity index is 733. The molecule has 0 radical (unpaired) electrons. The second-order valence-corrected chi connectivity index (χ2v) is 6.03. The number of fused-ring (bicyclic) bond motifs is 2. The predicted octanol–water partition coefficient (Wildman–Crippen LogP) is 2.93. The maximum Gasteiger partial charge on any atom is 0.329 e. The minimum atomic E-state index is -1.08. The summed E-state index contributed by atoms with van der Waals surface area (Å²) in [4.78, 5) is 16.4. The number of carbonyl (C=O) groups is 1. The zero-order valence-electron chi connectivity index (χ0n) is 13.0. The Labute approximate surface area is 128 Å². The maximum atomic E-state index is 11.7. The molecular formula is C16H20N2O4. The highest BCUT2D eigenvalue weighted by Gasteiger charge is 2.34. The summed E-state index contributed by atoms with van der Waals surface area (Å²) < 4.78 is 12.6. The van der Waals surface area contributed by atoms with Crippen molar-refractivity contribution in [2.45, 2.75) is 45.6 Å². The van der Waals surface area contributed by atoms with E-state index in [-0.39, 0.29) is 6.79 Å². The summed E-state index contributed by atoms with van der Waals surface area (Å²) in [5.41, 5.74) is 0.429. The van der Waals surface area contributed by atoms with Crippen LogP contribution in [0.4, 0.5) is 0 Å². The second kappa shape index (κ2) is 5.19. The third kappa shape index (κ3) is 2.19. The summed E-state index contributed by atoms with van der Waals surface area (Å²) in [5, 5.41) is 9.61. The lowest BCUT2D eigenvalue weighted by molar-refractivity contribution is -0.145. The van der Waals surface area contributed by atoms with Gasteiger partial charge in [-0.2, -0.15) is 0 Å². The summed E-state index contributed by atoms with van der Waals surface area (Å²) in [6, 6.07) is 3.65. The lowest BCUT2D eigenvalue weighted by atomic mass is 10.0. The van der Waals surface area contributed by atoms with E-state index < -0.39 is 11.5 Å². The van der Waals surface area contributed by atoms with Gasteiger partial charge in [0, 0.05) is 18.6 Å². The van der Waals surface area contributed by atoms with Gasteiger partial charge in [-0.1, -0.05) is 13.3 Å². The third-order valence-corrected chi connectivity index (χ3v) is 4.05. The Morgan fingerprint density at radius 2 is 2.05 bits per heavy atom. The number of nitrogens with zero attached hydrogens (tertiary/aromatic N) is 2. The highest BCUT2D eigenvalue weighted by molar-refractivity contribution is 5.85. The first-order valence-electron chi connectivity index (χ1n) is 7.50. The van der Waals surface area contributed by atoms with E-state index in [1.165, 1.54) is 0 Å². The molecule has 1 N–H and O–H groups in total. The van der Waals surface area contributed by atoms with Crippen molar-refractivity contribution in [3.05, 3.63) is 18.0 Å². The van der Waals surface area contributed by atoms with Crippen LogP contribution in [0.15, 0.2) is 12.1 Å². The predicted molar refractivity (Wildman–Crippen MR) is 81.4 cm³/mol. The molecule has 2 aromatic rings. The number of aromatic nitrogens is 2. The number of rotatable bonds is 5. The second-order valence-electron chi connectivity index (χ2n) is 6.03. The van der Waals surface area contributed by atoms with Gasteiger partial charge in [-0.05, 0) is 20.3 Å². The maximum absolute atomic E-state index is 11.7. The molecule has 1 aliphatic heterocycles. The minimum absolute atomic E-state index is 0.187. The molecule has 1 aromatic carbocycles. The van der Waals surface area contributed by atoms with Gasteiger partial charge in [0.05, 0.1) is 11.0 Å². The van der Waals surface area contributed by atoms with Crippen molar-refractivity contribution >= 4 is 17.0 Å². The monoisotopic (exact) mass is 304 g/mol. The lowest BCUT2D eigenvalue weighted by Crippen LogP contribution is -2.36. The molecule has 1 aliphatic rings. The van der Waals surface area contributed by atoms with E-state index in [1.54, 1.807) is 13.8 Å². The standard InChI is InChI=1S/C16H20N2O4/c1-4-5-6-14-17-10-7-12-13(22-9-21-12)8-11(10)18(14)16(2,3)15(19)20/h7-8H,4-6,9H2,1-3H3,(H,19,20). The average molecular weight is 304 g/mol. The van der Waals surface area contributed by atoms with Crippen LogP contribution in [-0.4, -0.2) is 27.4 Å². The average Bonchev–Trinajstić information content (AvgIpc) is 3.05. The molecule has 0 aliphatic carbocycles. The quantitative estimate of drug-likeness (QED) is 0.919. The molecule has 0 saturated carbocycles.